The van der Waals surface area contributed by atoms with Gasteiger partial charge in [-0.25, -0.2) is 0 Å². The average Bonchev–Trinajstić information content (AvgIpc) is 2.91. The molecule has 4 aromatic rings. The summed E-state index contributed by atoms with van der Waals surface area (Å²) in [7, 11) is 0. The fourth-order valence-corrected chi connectivity index (χ4v) is 4.88. The third-order valence-corrected chi connectivity index (χ3v) is 7.20. The molecule has 1 aliphatic heterocycles. The lowest BCUT2D eigenvalue weighted by Gasteiger charge is -2.37. The molecule has 1 aromatic heterocycles. The zero-order valence-corrected chi connectivity index (χ0v) is 22.3. The Bertz CT molecular complexity index is 1480. The summed E-state index contributed by atoms with van der Waals surface area (Å²) in [6, 6.07) is 18.5. The highest BCUT2D eigenvalue weighted by Gasteiger charge is 2.21. The van der Waals surface area contributed by atoms with Crippen molar-refractivity contribution in [3.05, 3.63) is 93.3 Å². The summed E-state index contributed by atoms with van der Waals surface area (Å²) >= 11 is 6.29. The number of halogens is 1. The van der Waals surface area contributed by atoms with E-state index in [-0.39, 0.29) is 17.8 Å². The second-order valence-electron chi connectivity index (χ2n) is 9.64. The second kappa shape index (κ2) is 11.5. The van der Waals surface area contributed by atoms with Gasteiger partial charge >= 0.3 is 0 Å². The predicted molar refractivity (Wildman–Crippen MR) is 150 cm³/mol. The number of fused-ring (bicyclic) bond motifs is 1. The van der Waals surface area contributed by atoms with Crippen LogP contribution in [0.3, 0.4) is 0 Å². The van der Waals surface area contributed by atoms with Crippen molar-refractivity contribution in [3.63, 3.8) is 0 Å². The van der Waals surface area contributed by atoms with Crippen molar-refractivity contribution in [1.82, 2.24) is 4.90 Å². The quantitative estimate of drug-likeness (QED) is 0.323. The molecule has 1 saturated heterocycles. The lowest BCUT2D eigenvalue weighted by molar-refractivity contribution is 0.0663. The minimum absolute atomic E-state index is 0.123. The van der Waals surface area contributed by atoms with Gasteiger partial charge in [0.2, 0.25) is 11.2 Å². The van der Waals surface area contributed by atoms with E-state index in [2.05, 4.69) is 15.9 Å². The molecule has 1 N–H and O–H groups in total. The molecule has 2 heterocycles. The molecule has 1 unspecified atom stereocenters. The van der Waals surface area contributed by atoms with E-state index in [0.29, 0.717) is 29.0 Å². The molecular formula is C30H31ClN2O5. The lowest BCUT2D eigenvalue weighted by Crippen LogP contribution is -2.49. The van der Waals surface area contributed by atoms with E-state index in [1.54, 1.807) is 24.3 Å². The number of ether oxygens (including phenoxy) is 2. The summed E-state index contributed by atoms with van der Waals surface area (Å²) in [5, 5.41) is 11.8. The zero-order chi connectivity index (χ0) is 26.6. The molecule has 0 spiro atoms. The van der Waals surface area contributed by atoms with E-state index in [0.717, 1.165) is 48.0 Å². The van der Waals surface area contributed by atoms with Gasteiger partial charge in [-0.15, -0.1) is 0 Å². The number of aliphatic hydroxyl groups is 1. The van der Waals surface area contributed by atoms with Crippen LogP contribution in [-0.2, 0) is 0 Å². The molecule has 0 amide bonds. The number of benzene rings is 3. The first-order valence-electron chi connectivity index (χ1n) is 12.7. The number of piperazine rings is 1. The molecule has 1 atom stereocenters. The van der Waals surface area contributed by atoms with Crippen molar-refractivity contribution in [2.75, 3.05) is 44.2 Å². The maximum atomic E-state index is 12.9. The third-order valence-electron chi connectivity index (χ3n) is 6.80. The number of anilines is 1. The molecule has 5 rings (SSSR count). The van der Waals surface area contributed by atoms with Crippen molar-refractivity contribution >= 4 is 28.3 Å². The predicted octanol–water partition coefficient (Wildman–Crippen LogP) is 5.42. The van der Waals surface area contributed by atoms with Crippen molar-refractivity contribution in [3.8, 4) is 17.2 Å². The number of hydrogen-bond donors (Lipinski definition) is 1. The van der Waals surface area contributed by atoms with Crippen LogP contribution in [-0.4, -0.2) is 55.4 Å². The van der Waals surface area contributed by atoms with Gasteiger partial charge in [-0.05, 0) is 61.4 Å². The Morgan fingerprint density at radius 2 is 1.79 bits per heavy atom. The summed E-state index contributed by atoms with van der Waals surface area (Å²) in [6.07, 6.45) is 0.665. The Labute approximate surface area is 226 Å². The van der Waals surface area contributed by atoms with Crippen LogP contribution >= 0.6 is 11.6 Å². The van der Waals surface area contributed by atoms with Crippen LogP contribution in [0.4, 0.5) is 5.69 Å². The first-order valence-corrected chi connectivity index (χ1v) is 13.1. The average molecular weight is 535 g/mol. The molecule has 0 bridgehead atoms. The molecule has 38 heavy (non-hydrogen) atoms. The molecule has 0 aliphatic carbocycles. The van der Waals surface area contributed by atoms with Crippen LogP contribution < -0.4 is 19.8 Å². The summed E-state index contributed by atoms with van der Waals surface area (Å²) in [5.74, 6) is 1.22. The van der Waals surface area contributed by atoms with E-state index in [1.165, 1.54) is 6.26 Å². The number of aryl methyl sites for hydroxylation is 1. The summed E-state index contributed by atoms with van der Waals surface area (Å²) < 4.78 is 17.2. The van der Waals surface area contributed by atoms with Crippen LogP contribution in [0.2, 0.25) is 5.02 Å². The van der Waals surface area contributed by atoms with Crippen molar-refractivity contribution in [2.45, 2.75) is 20.0 Å². The van der Waals surface area contributed by atoms with Crippen LogP contribution in [0.5, 0.6) is 17.2 Å². The fraction of sp³-hybridized carbons (Fsp3) is 0.300. The second-order valence-corrected chi connectivity index (χ2v) is 10.0. The molecule has 1 fully saturated rings. The highest BCUT2D eigenvalue weighted by molar-refractivity contribution is 6.31. The van der Waals surface area contributed by atoms with Crippen molar-refractivity contribution in [2.24, 2.45) is 0 Å². The molecule has 0 radical (unpaired) electrons. The monoisotopic (exact) mass is 534 g/mol. The highest BCUT2D eigenvalue weighted by Crippen LogP contribution is 2.28. The number of rotatable bonds is 8. The topological polar surface area (TPSA) is 75.4 Å². The SMILES string of the molecule is Cc1cccc(Oc2coc3cc(OCC(O)CN4CCN(c5cccc(Cl)c5C)CC4)ccc3c2=O)c1. The molecule has 3 aromatic carbocycles. The number of nitrogens with zero attached hydrogens (tertiary/aromatic N) is 2. The van der Waals surface area contributed by atoms with Crippen LogP contribution in [0.1, 0.15) is 11.1 Å². The standard InChI is InChI=1S/C30H31ClN2O5/c1-20-5-3-6-24(15-20)38-29-19-37-28-16-23(9-10-25(28)30(29)35)36-18-22(34)17-32-11-13-33(14-12-32)27-8-4-7-26(31)21(27)2/h3-10,15-16,19,22,34H,11-14,17-18H2,1-2H3. The van der Waals surface area contributed by atoms with E-state index in [1.807, 2.05) is 44.2 Å². The van der Waals surface area contributed by atoms with E-state index in [9.17, 15) is 9.90 Å². The van der Waals surface area contributed by atoms with Crippen molar-refractivity contribution < 1.29 is 19.0 Å². The zero-order valence-electron chi connectivity index (χ0n) is 21.5. The Hall–Kier alpha value is -3.52. The first kappa shape index (κ1) is 26.1. The molecule has 7 nitrogen and oxygen atoms in total. The first-order chi connectivity index (χ1) is 18.4. The van der Waals surface area contributed by atoms with Gasteiger partial charge in [0, 0.05) is 49.5 Å². The normalized spacial score (nSPS) is 15.0. The van der Waals surface area contributed by atoms with Gasteiger partial charge in [-0.3, -0.25) is 9.69 Å². The Balaban J connectivity index is 1.14. The van der Waals surface area contributed by atoms with E-state index < -0.39 is 6.10 Å². The van der Waals surface area contributed by atoms with Gasteiger partial charge in [0.05, 0.1) is 5.39 Å². The minimum atomic E-state index is -0.651. The minimum Gasteiger partial charge on any atom is -0.491 e. The molecular weight excluding hydrogens is 504 g/mol. The number of hydrogen-bond acceptors (Lipinski definition) is 7. The van der Waals surface area contributed by atoms with Crippen LogP contribution in [0, 0.1) is 13.8 Å². The smallest absolute Gasteiger partial charge is 0.235 e. The number of β-amino-alcohol motifs (C(OH)–C–C–N with tert-alkyl or cyclic N) is 1. The fourth-order valence-electron chi connectivity index (χ4n) is 4.71. The Morgan fingerprint density at radius 3 is 2.58 bits per heavy atom. The molecule has 198 valence electrons. The summed E-state index contributed by atoms with van der Waals surface area (Å²) in [6.45, 7) is 8.08. The highest BCUT2D eigenvalue weighted by atomic mass is 35.5. The lowest BCUT2D eigenvalue weighted by atomic mass is 10.1. The maximum Gasteiger partial charge on any atom is 0.235 e. The van der Waals surface area contributed by atoms with E-state index >= 15 is 0 Å². The van der Waals surface area contributed by atoms with Gasteiger partial charge < -0.3 is 23.9 Å². The van der Waals surface area contributed by atoms with Crippen molar-refractivity contribution in [1.29, 1.82) is 0 Å². The molecule has 0 saturated carbocycles. The summed E-state index contributed by atoms with van der Waals surface area (Å²) in [5.41, 5.74) is 3.43. The van der Waals surface area contributed by atoms with Gasteiger partial charge in [0.15, 0.2) is 0 Å². The molecule has 8 heteroatoms. The third kappa shape index (κ3) is 5.96. The van der Waals surface area contributed by atoms with Gasteiger partial charge in [-0.2, -0.15) is 0 Å². The Morgan fingerprint density at radius 1 is 1.00 bits per heavy atom. The van der Waals surface area contributed by atoms with E-state index in [4.69, 9.17) is 25.5 Å². The largest absolute Gasteiger partial charge is 0.491 e. The van der Waals surface area contributed by atoms with Crippen LogP contribution in [0.25, 0.3) is 11.0 Å². The maximum absolute atomic E-state index is 12.9. The van der Waals surface area contributed by atoms with Gasteiger partial charge in [0.25, 0.3) is 0 Å². The Kier molecular flexibility index (Phi) is 7.88. The van der Waals surface area contributed by atoms with Crippen LogP contribution in [0.15, 0.2) is 76.1 Å². The summed E-state index contributed by atoms with van der Waals surface area (Å²) in [4.78, 5) is 17.5. The number of aliphatic hydroxyl groups excluding tert-OH is 1. The molecule has 1 aliphatic rings. The van der Waals surface area contributed by atoms with Gasteiger partial charge in [-0.1, -0.05) is 29.8 Å². The van der Waals surface area contributed by atoms with Gasteiger partial charge in [0.1, 0.15) is 36.1 Å².